The number of hydrogen-bond acceptors (Lipinski definition) is 2. The molecule has 0 saturated heterocycles. The molecule has 0 unspecified atom stereocenters. The molecule has 0 atom stereocenters. The lowest BCUT2D eigenvalue weighted by molar-refractivity contribution is -0.438. The lowest BCUT2D eigenvalue weighted by atomic mass is 9.78. The average Bonchev–Trinajstić information content (AvgIpc) is 3.45. The molecule has 2 heterocycles. The Balaban J connectivity index is 0.00000181. The third-order valence-electron chi connectivity index (χ3n) is 10.1. The number of carboxylic acid groups (broad SMARTS) is 1. The maximum absolute atomic E-state index is 8.36. The maximum atomic E-state index is 8.36. The Bertz CT molecular complexity index is 1820. The smallest absolute Gasteiger partial charge is 0.290 e. The van der Waals surface area contributed by atoms with E-state index >= 15 is 0 Å². The Morgan fingerprint density at radius 1 is 0.840 bits per heavy atom. The number of fused-ring (bicyclic) bond motifs is 3. The van der Waals surface area contributed by atoms with Crippen LogP contribution in [0.2, 0.25) is 0 Å². The Labute approximate surface area is 301 Å². The van der Waals surface area contributed by atoms with E-state index in [1.54, 1.807) is 0 Å². The second-order valence-electron chi connectivity index (χ2n) is 14.2. The van der Waals surface area contributed by atoms with E-state index in [1.807, 2.05) is 12.2 Å². The van der Waals surface area contributed by atoms with E-state index in [9.17, 15) is 0 Å². The van der Waals surface area contributed by atoms with Gasteiger partial charge in [-0.15, -0.1) is 0 Å². The summed E-state index contributed by atoms with van der Waals surface area (Å²) in [6.07, 6.45) is 35.5. The summed E-state index contributed by atoms with van der Waals surface area (Å²) in [5, 5.41) is 9.58. The Morgan fingerprint density at radius 3 is 2.30 bits per heavy atom. The normalized spacial score (nSPS) is 19.5. The van der Waals surface area contributed by atoms with Crippen molar-refractivity contribution in [2.45, 2.75) is 85.5 Å². The average molecular weight is 670 g/mol. The number of carbonyl (C=O) groups is 1. The minimum Gasteiger partial charge on any atom is -0.483 e. The van der Waals surface area contributed by atoms with Crippen molar-refractivity contribution in [2.75, 3.05) is 13.1 Å². The highest BCUT2D eigenvalue weighted by Gasteiger charge is 2.45. The van der Waals surface area contributed by atoms with Crippen molar-refractivity contribution < 1.29 is 14.5 Å². The molecule has 50 heavy (non-hydrogen) atoms. The first-order valence-corrected chi connectivity index (χ1v) is 18.3. The monoisotopic (exact) mass is 669 g/mol. The zero-order valence-electron chi connectivity index (χ0n) is 31.2. The molecule has 0 fully saturated rings. The minimum absolute atomic E-state index is 0.0189. The molecule has 0 bridgehead atoms. The Hall–Kier alpha value is -4.70. The van der Waals surface area contributed by atoms with Gasteiger partial charge in [-0.3, -0.25) is 4.79 Å². The molecule has 1 N–H and O–H groups in total. The van der Waals surface area contributed by atoms with Gasteiger partial charge in [0, 0.05) is 47.5 Å². The van der Waals surface area contributed by atoms with Crippen molar-refractivity contribution in [3.8, 4) is 0 Å². The predicted molar refractivity (Wildman–Crippen MR) is 214 cm³/mol. The van der Waals surface area contributed by atoms with Gasteiger partial charge in [-0.1, -0.05) is 132 Å². The third kappa shape index (κ3) is 8.35. The van der Waals surface area contributed by atoms with Gasteiger partial charge < -0.3 is 10.0 Å². The predicted octanol–water partition coefficient (Wildman–Crippen LogP) is 11.7. The van der Waals surface area contributed by atoms with E-state index < -0.39 is 0 Å². The molecule has 3 aliphatic rings. The van der Waals surface area contributed by atoms with Crippen molar-refractivity contribution in [2.24, 2.45) is 5.41 Å². The van der Waals surface area contributed by atoms with E-state index in [0.29, 0.717) is 0 Å². The topological polar surface area (TPSA) is 43.5 Å². The summed E-state index contributed by atoms with van der Waals surface area (Å²) in [5.41, 5.74) is 9.74. The number of nitrogens with zero attached hydrogens (tertiary/aromatic N) is 2. The highest BCUT2D eigenvalue weighted by Crippen LogP contribution is 2.51. The van der Waals surface area contributed by atoms with Crippen LogP contribution in [0.4, 0.5) is 5.69 Å². The van der Waals surface area contributed by atoms with Crippen LogP contribution in [-0.2, 0) is 10.2 Å². The zero-order chi connectivity index (χ0) is 36.1. The van der Waals surface area contributed by atoms with Gasteiger partial charge >= 0.3 is 0 Å². The molecule has 5 rings (SSSR count). The molecule has 0 radical (unpaired) electrons. The maximum Gasteiger partial charge on any atom is 0.290 e. The summed E-state index contributed by atoms with van der Waals surface area (Å²) in [7, 11) is 0. The van der Waals surface area contributed by atoms with Gasteiger partial charge in [0.25, 0.3) is 6.47 Å². The third-order valence-corrected chi connectivity index (χ3v) is 10.1. The van der Waals surface area contributed by atoms with Crippen molar-refractivity contribution >= 4 is 28.6 Å². The van der Waals surface area contributed by atoms with Crippen molar-refractivity contribution in [1.82, 2.24) is 4.90 Å². The molecule has 2 aliphatic heterocycles. The first-order chi connectivity index (χ1) is 24.2. The first kappa shape index (κ1) is 38.1. The van der Waals surface area contributed by atoms with Gasteiger partial charge in [-0.05, 0) is 73.2 Å². The van der Waals surface area contributed by atoms with Gasteiger partial charge in [-0.25, -0.2) is 0 Å². The molecule has 4 heteroatoms. The van der Waals surface area contributed by atoms with Crippen LogP contribution in [0.3, 0.4) is 0 Å². The molecular weight excluding hydrogens is 613 g/mol. The second kappa shape index (κ2) is 17.8. The molecule has 0 aromatic heterocycles. The Morgan fingerprint density at radius 2 is 1.56 bits per heavy atom. The quantitative estimate of drug-likeness (QED) is 0.0999. The standard InChI is InChI=1S/C45H55N2.CH2O2/c1-8-11-13-22-33-47-40-31-29-36-24-20-21-25-37(36)43(40)45(6,7)42(47)27-19-16-14-15-18-26-41-44(4,5)38-34-35(23-17-12-9-2)28-30-39(38)46(41)32-10-3;2-1-3/h9,12,14-21,23-31H,2,8,10-11,13,22,32-34H2,1,3-7H3;1H,(H,2,3)/q+1;/b17-12-,35-23-;. The zero-order valence-corrected chi connectivity index (χ0v) is 31.2. The van der Waals surface area contributed by atoms with Crippen LogP contribution in [0, 0.1) is 5.41 Å². The van der Waals surface area contributed by atoms with Crippen LogP contribution in [0.25, 0.3) is 10.8 Å². The largest absolute Gasteiger partial charge is 0.483 e. The summed E-state index contributed by atoms with van der Waals surface area (Å²) in [6.45, 7) is 19.7. The van der Waals surface area contributed by atoms with E-state index in [4.69, 9.17) is 9.90 Å². The number of rotatable bonds is 13. The molecule has 0 amide bonds. The van der Waals surface area contributed by atoms with Crippen LogP contribution in [0.5, 0.6) is 0 Å². The highest BCUT2D eigenvalue weighted by molar-refractivity contribution is 6.07. The lowest BCUT2D eigenvalue weighted by Gasteiger charge is -2.28. The number of unbranched alkanes of at least 4 members (excludes halogenated alkanes) is 3. The molecule has 2 aromatic rings. The van der Waals surface area contributed by atoms with E-state index in [-0.39, 0.29) is 17.3 Å². The van der Waals surface area contributed by atoms with Crippen LogP contribution in [-0.4, -0.2) is 39.9 Å². The van der Waals surface area contributed by atoms with Crippen LogP contribution < -0.4 is 0 Å². The van der Waals surface area contributed by atoms with Crippen molar-refractivity contribution in [1.29, 1.82) is 0 Å². The molecule has 0 spiro atoms. The summed E-state index contributed by atoms with van der Waals surface area (Å²) >= 11 is 0. The van der Waals surface area contributed by atoms with Crippen LogP contribution >= 0.6 is 0 Å². The molecule has 1 aliphatic carbocycles. The highest BCUT2D eigenvalue weighted by atomic mass is 16.3. The van der Waals surface area contributed by atoms with Gasteiger partial charge in [0.2, 0.25) is 5.69 Å². The van der Waals surface area contributed by atoms with E-state index in [2.05, 4.69) is 161 Å². The SMILES string of the molecule is C=C/C=C\C=C1\C=CC2=C(C1)C(C)(C)/C(=C/C=C/C=C/C=C/C1=[N+](CCCCCC)c3ccc4ccccc4c3C1(C)C)N2CCC.O=CO. The lowest BCUT2D eigenvalue weighted by Crippen LogP contribution is -2.28. The molecule has 2 aromatic carbocycles. The van der Waals surface area contributed by atoms with E-state index in [0.717, 1.165) is 25.9 Å². The fraction of sp³-hybridized carbons (Fsp3) is 0.348. The molecule has 0 saturated carbocycles. The molecule has 4 nitrogen and oxygen atoms in total. The number of hydrogen-bond donors (Lipinski definition) is 1. The summed E-state index contributed by atoms with van der Waals surface area (Å²) < 4.78 is 2.59. The van der Waals surface area contributed by atoms with Gasteiger partial charge in [0.05, 0.1) is 5.41 Å². The summed E-state index contributed by atoms with van der Waals surface area (Å²) in [4.78, 5) is 10.9. The number of benzene rings is 2. The van der Waals surface area contributed by atoms with Crippen LogP contribution in [0.1, 0.15) is 85.6 Å². The second-order valence-corrected chi connectivity index (χ2v) is 14.2. The van der Waals surface area contributed by atoms with Crippen molar-refractivity contribution in [3.05, 3.63) is 150 Å². The number of allylic oxidation sites excluding steroid dienone is 15. The van der Waals surface area contributed by atoms with E-state index in [1.165, 1.54) is 76.0 Å². The fourth-order valence-electron chi connectivity index (χ4n) is 7.65. The minimum atomic E-state index is -0.250. The van der Waals surface area contributed by atoms with Crippen LogP contribution in [0.15, 0.2) is 145 Å². The first-order valence-electron chi connectivity index (χ1n) is 18.3. The van der Waals surface area contributed by atoms with Crippen molar-refractivity contribution in [3.63, 3.8) is 0 Å². The summed E-state index contributed by atoms with van der Waals surface area (Å²) in [6, 6.07) is 13.5. The molecule has 262 valence electrons. The fourth-order valence-corrected chi connectivity index (χ4v) is 7.65. The molecular formula is C46H57N2O2+. The van der Waals surface area contributed by atoms with Gasteiger partial charge in [0.15, 0.2) is 5.71 Å². The Kier molecular flexibility index (Phi) is 13.6. The van der Waals surface area contributed by atoms with Gasteiger partial charge in [0.1, 0.15) is 6.54 Å². The summed E-state index contributed by atoms with van der Waals surface area (Å²) in [5.74, 6) is 0. The van der Waals surface area contributed by atoms with Gasteiger partial charge in [-0.2, -0.15) is 4.58 Å².